The third-order valence-corrected chi connectivity index (χ3v) is 3.54. The molecule has 0 bridgehead atoms. The smallest absolute Gasteiger partial charge is 0.250 e. The predicted octanol–water partition coefficient (Wildman–Crippen LogP) is 3.37. The molecule has 2 N–H and O–H groups in total. The topological polar surface area (TPSA) is 67.0 Å². The molecule has 5 nitrogen and oxygen atoms in total. The second-order valence-electron chi connectivity index (χ2n) is 4.80. The number of aromatic amines is 1. The zero-order valence-electron chi connectivity index (χ0n) is 11.7. The summed E-state index contributed by atoms with van der Waals surface area (Å²) in [4.78, 5) is 11.9. The number of aromatic nitrogens is 2. The van der Waals surface area contributed by atoms with E-state index in [0.29, 0.717) is 17.3 Å². The molecule has 2 aromatic carbocycles. The molecule has 0 saturated carbocycles. The van der Waals surface area contributed by atoms with E-state index >= 15 is 0 Å². The summed E-state index contributed by atoms with van der Waals surface area (Å²) < 4.78 is 5.39. The molecule has 0 radical (unpaired) electrons. The average Bonchev–Trinajstić information content (AvgIpc) is 2.97. The molecule has 1 amide bonds. The lowest BCUT2D eigenvalue weighted by atomic mass is 10.2. The number of nitrogens with one attached hydrogen (secondary N) is 2. The van der Waals surface area contributed by atoms with Gasteiger partial charge in [-0.05, 0) is 29.8 Å². The van der Waals surface area contributed by atoms with Crippen LogP contribution in [0.3, 0.4) is 0 Å². The van der Waals surface area contributed by atoms with Crippen LogP contribution in [0, 0.1) is 0 Å². The molecule has 0 saturated heterocycles. The third-order valence-electron chi connectivity index (χ3n) is 3.17. The molecule has 22 heavy (non-hydrogen) atoms. The van der Waals surface area contributed by atoms with Gasteiger partial charge in [0.15, 0.2) is 0 Å². The fourth-order valence-electron chi connectivity index (χ4n) is 2.09. The second kappa shape index (κ2) is 6.60. The molecule has 3 rings (SSSR count). The minimum Gasteiger partial charge on any atom is -0.367 e. The lowest BCUT2D eigenvalue weighted by molar-refractivity contribution is -0.121. The first-order valence-corrected chi connectivity index (χ1v) is 7.14. The molecule has 6 heteroatoms. The van der Waals surface area contributed by atoms with Crippen LogP contribution in [0.25, 0.3) is 10.9 Å². The average molecular weight is 316 g/mol. The van der Waals surface area contributed by atoms with E-state index in [-0.39, 0.29) is 12.5 Å². The first-order chi connectivity index (χ1) is 10.7. The van der Waals surface area contributed by atoms with E-state index in [9.17, 15) is 4.79 Å². The quantitative estimate of drug-likeness (QED) is 0.758. The number of anilines is 1. The summed E-state index contributed by atoms with van der Waals surface area (Å²) in [6.45, 7) is 0.266. The highest BCUT2D eigenvalue weighted by Gasteiger charge is 2.05. The molecule has 1 aromatic heterocycles. The number of fused-ring (bicyclic) bond motifs is 1. The van der Waals surface area contributed by atoms with Crippen molar-refractivity contribution >= 4 is 34.1 Å². The SMILES string of the molecule is O=C(COCc1ccccc1Cl)Nc1ccc2[nH]ncc2c1. The van der Waals surface area contributed by atoms with Crippen molar-refractivity contribution in [1.82, 2.24) is 10.2 Å². The highest BCUT2D eigenvalue weighted by Crippen LogP contribution is 2.17. The van der Waals surface area contributed by atoms with Crippen LogP contribution < -0.4 is 5.32 Å². The van der Waals surface area contributed by atoms with Crippen molar-refractivity contribution in [3.05, 3.63) is 59.2 Å². The van der Waals surface area contributed by atoms with E-state index in [4.69, 9.17) is 16.3 Å². The maximum absolute atomic E-state index is 11.9. The van der Waals surface area contributed by atoms with Gasteiger partial charge >= 0.3 is 0 Å². The van der Waals surface area contributed by atoms with E-state index < -0.39 is 0 Å². The van der Waals surface area contributed by atoms with Gasteiger partial charge in [-0.1, -0.05) is 29.8 Å². The van der Waals surface area contributed by atoms with Crippen LogP contribution in [-0.2, 0) is 16.1 Å². The summed E-state index contributed by atoms with van der Waals surface area (Å²) in [7, 11) is 0. The number of benzene rings is 2. The summed E-state index contributed by atoms with van der Waals surface area (Å²) in [5.74, 6) is -0.213. The first kappa shape index (κ1) is 14.6. The molecule has 3 aromatic rings. The van der Waals surface area contributed by atoms with Crippen molar-refractivity contribution in [3.8, 4) is 0 Å². The summed E-state index contributed by atoms with van der Waals surface area (Å²) in [5, 5.41) is 11.2. The van der Waals surface area contributed by atoms with Crippen molar-refractivity contribution in [2.45, 2.75) is 6.61 Å². The second-order valence-corrected chi connectivity index (χ2v) is 5.21. The molecule has 0 aliphatic rings. The Balaban J connectivity index is 1.53. The van der Waals surface area contributed by atoms with E-state index in [2.05, 4.69) is 15.5 Å². The number of H-pyrrole nitrogens is 1. The standard InChI is InChI=1S/C16H14ClN3O2/c17-14-4-2-1-3-11(14)9-22-10-16(21)19-13-5-6-15-12(7-13)8-18-20-15/h1-8H,9-10H2,(H,18,20)(H,19,21). The molecule has 112 valence electrons. The summed E-state index contributed by atoms with van der Waals surface area (Å²) in [6.07, 6.45) is 1.71. The Labute approximate surface area is 132 Å². The van der Waals surface area contributed by atoms with Gasteiger partial charge in [0.25, 0.3) is 0 Å². The largest absolute Gasteiger partial charge is 0.367 e. The van der Waals surface area contributed by atoms with Gasteiger partial charge in [0.2, 0.25) is 5.91 Å². The molecular formula is C16H14ClN3O2. The zero-order chi connectivity index (χ0) is 15.4. The minimum atomic E-state index is -0.213. The Hall–Kier alpha value is -2.37. The fraction of sp³-hybridized carbons (Fsp3) is 0.125. The number of carbonyl (C=O) groups excluding carboxylic acids is 1. The van der Waals surface area contributed by atoms with Gasteiger partial charge in [-0.2, -0.15) is 5.10 Å². The van der Waals surface area contributed by atoms with Crippen LogP contribution in [-0.4, -0.2) is 22.7 Å². The van der Waals surface area contributed by atoms with Crippen LogP contribution in [0.4, 0.5) is 5.69 Å². The highest BCUT2D eigenvalue weighted by atomic mass is 35.5. The van der Waals surface area contributed by atoms with Gasteiger partial charge in [0.1, 0.15) is 6.61 Å². The molecule has 1 heterocycles. The number of rotatable bonds is 5. The van der Waals surface area contributed by atoms with Crippen LogP contribution in [0.2, 0.25) is 5.02 Å². The Morgan fingerprint density at radius 3 is 3.00 bits per heavy atom. The lowest BCUT2D eigenvalue weighted by Crippen LogP contribution is -2.18. The predicted molar refractivity (Wildman–Crippen MR) is 85.8 cm³/mol. The summed E-state index contributed by atoms with van der Waals surface area (Å²) in [5.41, 5.74) is 2.49. The van der Waals surface area contributed by atoms with Gasteiger partial charge in [-0.25, -0.2) is 0 Å². The maximum atomic E-state index is 11.9. The van der Waals surface area contributed by atoms with Gasteiger partial charge < -0.3 is 10.1 Å². The molecule has 0 atom stereocenters. The van der Waals surface area contributed by atoms with E-state index in [1.807, 2.05) is 36.4 Å². The van der Waals surface area contributed by atoms with E-state index in [1.54, 1.807) is 12.3 Å². The summed E-state index contributed by atoms with van der Waals surface area (Å²) >= 11 is 6.02. The van der Waals surface area contributed by atoms with E-state index in [1.165, 1.54) is 0 Å². The van der Waals surface area contributed by atoms with Crippen molar-refractivity contribution in [2.75, 3.05) is 11.9 Å². The maximum Gasteiger partial charge on any atom is 0.250 e. The van der Waals surface area contributed by atoms with Crippen molar-refractivity contribution in [2.24, 2.45) is 0 Å². The van der Waals surface area contributed by atoms with Crippen LogP contribution >= 0.6 is 11.6 Å². The first-order valence-electron chi connectivity index (χ1n) is 6.76. The normalized spacial score (nSPS) is 10.8. The number of amides is 1. The van der Waals surface area contributed by atoms with Gasteiger partial charge in [0.05, 0.1) is 18.3 Å². The number of hydrogen-bond donors (Lipinski definition) is 2. The number of carbonyl (C=O) groups is 1. The number of ether oxygens (including phenoxy) is 1. The lowest BCUT2D eigenvalue weighted by Gasteiger charge is -2.07. The molecule has 0 spiro atoms. The Bertz CT molecular complexity index is 801. The Kier molecular flexibility index (Phi) is 4.37. The zero-order valence-corrected chi connectivity index (χ0v) is 12.4. The van der Waals surface area contributed by atoms with Crippen molar-refractivity contribution < 1.29 is 9.53 Å². The molecular weight excluding hydrogens is 302 g/mol. The molecule has 0 aliphatic carbocycles. The van der Waals surface area contributed by atoms with Crippen LogP contribution in [0.5, 0.6) is 0 Å². The van der Waals surface area contributed by atoms with Crippen molar-refractivity contribution in [1.29, 1.82) is 0 Å². The van der Waals surface area contributed by atoms with Crippen LogP contribution in [0.1, 0.15) is 5.56 Å². The van der Waals surface area contributed by atoms with Crippen molar-refractivity contribution in [3.63, 3.8) is 0 Å². The third kappa shape index (κ3) is 3.44. The number of hydrogen-bond acceptors (Lipinski definition) is 3. The number of nitrogens with zero attached hydrogens (tertiary/aromatic N) is 1. The highest BCUT2D eigenvalue weighted by molar-refractivity contribution is 6.31. The summed E-state index contributed by atoms with van der Waals surface area (Å²) in [6, 6.07) is 12.9. The molecule has 0 aliphatic heterocycles. The Morgan fingerprint density at radius 2 is 2.14 bits per heavy atom. The van der Waals surface area contributed by atoms with Gasteiger partial charge in [-0.3, -0.25) is 9.89 Å². The number of halogens is 1. The Morgan fingerprint density at radius 1 is 1.27 bits per heavy atom. The van der Waals surface area contributed by atoms with Crippen LogP contribution in [0.15, 0.2) is 48.7 Å². The molecule has 0 unspecified atom stereocenters. The monoisotopic (exact) mass is 315 g/mol. The van der Waals surface area contributed by atoms with Gasteiger partial charge in [-0.15, -0.1) is 0 Å². The molecule has 0 fully saturated rings. The van der Waals surface area contributed by atoms with E-state index in [0.717, 1.165) is 16.5 Å². The van der Waals surface area contributed by atoms with Gasteiger partial charge in [0, 0.05) is 16.1 Å². The fourth-order valence-corrected chi connectivity index (χ4v) is 2.28. The minimum absolute atomic E-state index is 0.0331.